The van der Waals surface area contributed by atoms with Crippen LogP contribution in [-0.2, 0) is 31.7 Å². The van der Waals surface area contributed by atoms with E-state index in [9.17, 15) is 9.59 Å². The smallest absolute Gasteiger partial charge is 0.323 e. The minimum Gasteiger partial charge on any atom is -0.468 e. The summed E-state index contributed by atoms with van der Waals surface area (Å²) in [7, 11) is 1.43. The van der Waals surface area contributed by atoms with Gasteiger partial charge in [0.15, 0.2) is 0 Å². The molecule has 1 saturated carbocycles. The molecule has 0 unspecified atom stereocenters. The van der Waals surface area contributed by atoms with Crippen molar-refractivity contribution in [1.82, 2.24) is 5.32 Å². The highest BCUT2D eigenvalue weighted by Crippen LogP contribution is 2.58. The average Bonchev–Trinajstić information content (AvgIpc) is 3.86. The number of para-hydroxylation sites is 1. The van der Waals surface area contributed by atoms with Gasteiger partial charge in [-0.3, -0.25) is 19.8 Å². The van der Waals surface area contributed by atoms with Crippen LogP contribution in [0.2, 0.25) is 0 Å². The van der Waals surface area contributed by atoms with E-state index in [-0.39, 0.29) is 17.3 Å². The molecular formula is C39H34N2O3. The number of rotatable bonds is 9. The predicted molar refractivity (Wildman–Crippen MR) is 173 cm³/mol. The third kappa shape index (κ3) is 4.61. The van der Waals surface area contributed by atoms with Crippen LogP contribution < -0.4 is 10.2 Å². The number of carbonyl (C=O) groups is 2. The first kappa shape index (κ1) is 27.8. The van der Waals surface area contributed by atoms with Gasteiger partial charge in [0, 0.05) is 5.69 Å². The number of carbonyl (C=O) groups excluding carboxylic acids is 2. The zero-order chi connectivity index (χ0) is 30.1. The number of anilines is 2. The average molecular weight is 579 g/mol. The molecule has 1 aliphatic heterocycles. The van der Waals surface area contributed by atoms with Crippen LogP contribution in [0.25, 0.3) is 0 Å². The highest BCUT2D eigenvalue weighted by atomic mass is 16.5. The van der Waals surface area contributed by atoms with Crippen molar-refractivity contribution < 1.29 is 14.3 Å². The molecular weight excluding hydrogens is 544 g/mol. The van der Waals surface area contributed by atoms with Crippen LogP contribution in [0.5, 0.6) is 0 Å². The molecule has 1 N–H and O–H groups in total. The Kier molecular flexibility index (Phi) is 7.11. The normalized spacial score (nSPS) is 15.6. The monoisotopic (exact) mass is 578 g/mol. The lowest BCUT2D eigenvalue weighted by molar-refractivity contribution is -0.143. The van der Waals surface area contributed by atoms with Crippen molar-refractivity contribution in [2.24, 2.45) is 0 Å². The molecule has 1 amide bonds. The molecule has 0 saturated heterocycles. The Hall–Kier alpha value is -5.00. The van der Waals surface area contributed by atoms with E-state index in [1.165, 1.54) is 7.11 Å². The fraction of sp³-hybridized carbons (Fsp3) is 0.179. The number of esters is 1. The van der Waals surface area contributed by atoms with Gasteiger partial charge in [0.05, 0.1) is 23.8 Å². The molecule has 1 heterocycles. The van der Waals surface area contributed by atoms with E-state index in [1.807, 2.05) is 102 Å². The molecule has 2 aliphatic rings. The van der Waals surface area contributed by atoms with Gasteiger partial charge in [-0.2, -0.15) is 0 Å². The predicted octanol–water partition coefficient (Wildman–Crippen LogP) is 7.06. The van der Waals surface area contributed by atoms with Crippen molar-refractivity contribution >= 4 is 23.3 Å². The molecule has 218 valence electrons. The topological polar surface area (TPSA) is 58.6 Å². The summed E-state index contributed by atoms with van der Waals surface area (Å²) in [4.78, 5) is 28.9. The van der Waals surface area contributed by atoms with Crippen molar-refractivity contribution in [2.75, 3.05) is 12.0 Å². The van der Waals surface area contributed by atoms with E-state index in [1.54, 1.807) is 0 Å². The molecule has 0 radical (unpaired) electrons. The summed E-state index contributed by atoms with van der Waals surface area (Å²) in [5, 5.41) is 3.79. The van der Waals surface area contributed by atoms with E-state index in [2.05, 4.69) is 47.8 Å². The van der Waals surface area contributed by atoms with E-state index < -0.39 is 11.6 Å². The zero-order valence-electron chi connectivity index (χ0n) is 24.6. The molecule has 5 nitrogen and oxygen atoms in total. The maximum Gasteiger partial charge on any atom is 0.323 e. The first-order valence-corrected chi connectivity index (χ1v) is 15.1. The maximum atomic E-state index is 13.6. The number of ether oxygens (including phenoxy) is 1. The van der Waals surface area contributed by atoms with Crippen LogP contribution in [0.1, 0.15) is 40.7 Å². The Morgan fingerprint density at radius 2 is 1.25 bits per heavy atom. The van der Waals surface area contributed by atoms with Gasteiger partial charge < -0.3 is 4.74 Å². The zero-order valence-corrected chi connectivity index (χ0v) is 24.6. The molecule has 7 rings (SSSR count). The van der Waals surface area contributed by atoms with Gasteiger partial charge >= 0.3 is 5.97 Å². The first-order valence-electron chi connectivity index (χ1n) is 15.1. The number of fused-ring (bicyclic) bond motifs is 2. The third-order valence-electron chi connectivity index (χ3n) is 9.15. The maximum absolute atomic E-state index is 13.6. The minimum absolute atomic E-state index is 0.152. The second-order valence-corrected chi connectivity index (χ2v) is 11.7. The summed E-state index contributed by atoms with van der Waals surface area (Å²) in [6.45, 7) is 0. The number of hydrogen-bond acceptors (Lipinski definition) is 4. The van der Waals surface area contributed by atoms with Crippen LogP contribution in [-0.4, -0.2) is 25.0 Å². The van der Waals surface area contributed by atoms with E-state index in [0.29, 0.717) is 6.42 Å². The van der Waals surface area contributed by atoms with Crippen molar-refractivity contribution in [3.63, 3.8) is 0 Å². The van der Waals surface area contributed by atoms with Gasteiger partial charge in [0.2, 0.25) is 5.91 Å². The second-order valence-electron chi connectivity index (χ2n) is 11.7. The number of nitrogens with one attached hydrogen (secondary N) is 1. The van der Waals surface area contributed by atoms with Crippen molar-refractivity contribution in [1.29, 1.82) is 0 Å². The fourth-order valence-corrected chi connectivity index (χ4v) is 6.80. The van der Waals surface area contributed by atoms with Crippen LogP contribution in [0.15, 0.2) is 140 Å². The molecule has 5 heteroatoms. The highest BCUT2D eigenvalue weighted by Gasteiger charge is 2.59. The molecule has 1 atom stereocenters. The third-order valence-corrected chi connectivity index (χ3v) is 9.15. The number of methoxy groups -OCH3 is 1. The Bertz CT molecular complexity index is 1690. The lowest BCUT2D eigenvalue weighted by Gasteiger charge is -2.39. The second kappa shape index (κ2) is 11.3. The molecule has 1 aliphatic carbocycles. The molecule has 0 bridgehead atoms. The molecule has 5 aromatic rings. The Morgan fingerprint density at radius 3 is 1.75 bits per heavy atom. The largest absolute Gasteiger partial charge is 0.468 e. The van der Waals surface area contributed by atoms with Gasteiger partial charge in [-0.25, -0.2) is 0 Å². The summed E-state index contributed by atoms with van der Waals surface area (Å²) >= 11 is 0. The van der Waals surface area contributed by atoms with Gasteiger partial charge in [0.1, 0.15) is 6.04 Å². The van der Waals surface area contributed by atoms with E-state index in [4.69, 9.17) is 4.74 Å². The Labute approximate surface area is 258 Å². The van der Waals surface area contributed by atoms with Crippen LogP contribution in [0.4, 0.5) is 11.4 Å². The van der Waals surface area contributed by atoms with Gasteiger partial charge in [-0.15, -0.1) is 0 Å². The summed E-state index contributed by atoms with van der Waals surface area (Å²) < 4.78 is 5.37. The van der Waals surface area contributed by atoms with Crippen LogP contribution >= 0.6 is 0 Å². The lowest BCUT2D eigenvalue weighted by atomic mass is 9.76. The van der Waals surface area contributed by atoms with Gasteiger partial charge in [0.25, 0.3) is 0 Å². The van der Waals surface area contributed by atoms with Crippen molar-refractivity contribution in [3.05, 3.63) is 167 Å². The molecule has 0 aromatic heterocycles. The Balaban J connectivity index is 1.25. The van der Waals surface area contributed by atoms with Crippen LogP contribution in [0.3, 0.4) is 0 Å². The SMILES string of the molecule is COC(=O)[C@H](Cc1ccc(N2C(=O)C3(CC3)c3ccccc32)cc1)NC(c1ccccc1)(c1ccccc1)c1ccccc1. The van der Waals surface area contributed by atoms with E-state index in [0.717, 1.165) is 52.0 Å². The number of nitrogens with zero attached hydrogens (tertiary/aromatic N) is 1. The number of hydrogen-bond donors (Lipinski definition) is 1. The molecule has 1 fully saturated rings. The molecule has 1 spiro atoms. The highest BCUT2D eigenvalue weighted by molar-refractivity contribution is 6.14. The number of benzene rings is 5. The minimum atomic E-state index is -0.827. The quantitative estimate of drug-likeness (QED) is 0.150. The number of amides is 1. The summed E-state index contributed by atoms with van der Waals surface area (Å²) in [5.41, 5.74) is 5.76. The van der Waals surface area contributed by atoms with Gasteiger partial charge in [-0.1, -0.05) is 121 Å². The summed E-state index contributed by atoms with van der Waals surface area (Å²) in [6.07, 6.45) is 2.20. The fourth-order valence-electron chi connectivity index (χ4n) is 6.80. The van der Waals surface area contributed by atoms with Crippen LogP contribution in [0, 0.1) is 0 Å². The molecule has 44 heavy (non-hydrogen) atoms. The Morgan fingerprint density at radius 1 is 0.750 bits per heavy atom. The van der Waals surface area contributed by atoms with Crippen molar-refractivity contribution in [2.45, 2.75) is 36.3 Å². The summed E-state index contributed by atoms with van der Waals surface area (Å²) in [6, 6.07) is 46.1. The van der Waals surface area contributed by atoms with Gasteiger partial charge in [-0.05, 0) is 65.3 Å². The van der Waals surface area contributed by atoms with E-state index >= 15 is 0 Å². The van der Waals surface area contributed by atoms with Crippen molar-refractivity contribution in [3.8, 4) is 0 Å². The molecule has 5 aromatic carbocycles. The summed E-state index contributed by atoms with van der Waals surface area (Å²) in [5.74, 6) is -0.195. The lowest BCUT2D eigenvalue weighted by Crippen LogP contribution is -2.53. The first-order chi connectivity index (χ1) is 21.6. The standard InChI is InChI=1S/C39H34N2O3/c1-44-36(42)34(27-28-21-23-32(24-22-28)41-35-20-12-11-19-33(35)38(25-26-38)37(41)43)40-39(29-13-5-2-6-14-29,30-15-7-3-8-16-30)31-17-9-4-10-18-31/h2-24,34,40H,25-27H2,1H3/t34-/m0/s1.